The molecule has 0 bridgehead atoms. The molecule has 0 amide bonds. The van der Waals surface area contributed by atoms with E-state index in [1.54, 1.807) is 0 Å². The third-order valence-corrected chi connectivity index (χ3v) is 8.13. The van der Waals surface area contributed by atoms with Crippen LogP contribution in [-0.2, 0) is 9.68 Å². The van der Waals surface area contributed by atoms with Crippen molar-refractivity contribution in [3.05, 3.63) is 60.7 Å². The monoisotopic (exact) mass is 655 g/mol. The zero-order valence-electron chi connectivity index (χ0n) is 31.7. The summed E-state index contributed by atoms with van der Waals surface area (Å²) in [4.78, 5) is 10.9. The van der Waals surface area contributed by atoms with Gasteiger partial charge in [0.05, 0.1) is 24.6 Å². The van der Waals surface area contributed by atoms with Crippen LogP contribution in [0.3, 0.4) is 0 Å². The molecule has 0 radical (unpaired) electrons. The van der Waals surface area contributed by atoms with Crippen molar-refractivity contribution in [1.82, 2.24) is 0 Å². The molecule has 0 spiro atoms. The van der Waals surface area contributed by atoms with Gasteiger partial charge in [-0.2, -0.15) is 0 Å². The molecule has 2 N–H and O–H groups in total. The van der Waals surface area contributed by atoms with Crippen LogP contribution >= 0.6 is 0 Å². The Labute approximate surface area is 293 Å². The van der Waals surface area contributed by atoms with Crippen LogP contribution in [0.25, 0.3) is 0 Å². The number of benzene rings is 2. The van der Waals surface area contributed by atoms with Crippen molar-refractivity contribution in [2.45, 2.75) is 188 Å². The number of hydrogen-bond donors (Lipinski definition) is 2. The zero-order chi connectivity index (χ0) is 34.1. The van der Waals surface area contributed by atoms with Crippen molar-refractivity contribution in [3.63, 3.8) is 0 Å². The highest BCUT2D eigenvalue weighted by Gasteiger charge is 1.96. The van der Waals surface area contributed by atoms with Gasteiger partial charge in [0.25, 0.3) is 0 Å². The van der Waals surface area contributed by atoms with Crippen LogP contribution in [0.4, 0.5) is 11.4 Å². The summed E-state index contributed by atoms with van der Waals surface area (Å²) in [5, 5.41) is 0. The predicted octanol–water partition coefficient (Wildman–Crippen LogP) is 14.9. The highest BCUT2D eigenvalue weighted by Crippen LogP contribution is 2.14. The largest absolute Gasteiger partial charge is 0.276 e. The molecule has 2 aromatic carbocycles. The zero-order valence-corrected chi connectivity index (χ0v) is 31.7. The van der Waals surface area contributed by atoms with Gasteiger partial charge in [0.2, 0.25) is 0 Å². The molecule has 2 aromatic rings. The number of para-hydroxylation sites is 2. The maximum atomic E-state index is 5.46. The quantitative estimate of drug-likeness (QED) is 0.0650. The predicted molar refractivity (Wildman–Crippen MR) is 210 cm³/mol. The van der Waals surface area contributed by atoms with Crippen LogP contribution in [0.5, 0.6) is 0 Å². The minimum atomic E-state index is 0.798. The number of unbranched alkanes of at least 4 members (excludes halogenated alkanes) is 22. The summed E-state index contributed by atoms with van der Waals surface area (Å²) < 4.78 is 0. The average Bonchev–Trinajstić information content (AvgIpc) is 3.10. The second-order valence-corrected chi connectivity index (χ2v) is 13.1. The van der Waals surface area contributed by atoms with E-state index in [9.17, 15) is 0 Å². The maximum absolute atomic E-state index is 5.46. The highest BCUT2D eigenvalue weighted by molar-refractivity contribution is 5.40. The third-order valence-electron chi connectivity index (χ3n) is 8.13. The molecule has 0 saturated heterocycles. The fourth-order valence-corrected chi connectivity index (χ4v) is 5.31. The lowest BCUT2D eigenvalue weighted by Gasteiger charge is -2.06. The summed E-state index contributed by atoms with van der Waals surface area (Å²) in [6.45, 7) is 10.4. The minimum absolute atomic E-state index is 0.798. The first kappa shape index (κ1) is 45.0. The van der Waals surface area contributed by atoms with Gasteiger partial charge in [0.1, 0.15) is 0 Å². The maximum Gasteiger partial charge on any atom is 0.0746 e. The third kappa shape index (κ3) is 36.6. The van der Waals surface area contributed by atoms with E-state index in [2.05, 4.69) is 38.7 Å². The average molecular weight is 655 g/mol. The SMILES string of the molecule is CCC.CCCCCCCCCCCCCCONc1ccccc1.CCCCCCCCCCCCCCONc1ccccc1. The summed E-state index contributed by atoms with van der Waals surface area (Å²) in [7, 11) is 0. The molecular formula is C43H78N2O2. The van der Waals surface area contributed by atoms with E-state index in [1.807, 2.05) is 60.7 Å². The van der Waals surface area contributed by atoms with Crippen LogP contribution in [-0.4, -0.2) is 13.2 Å². The molecule has 272 valence electrons. The smallest absolute Gasteiger partial charge is 0.0746 e. The summed E-state index contributed by atoms with van der Waals surface area (Å²) >= 11 is 0. The molecule has 2 rings (SSSR count). The molecule has 0 fully saturated rings. The minimum Gasteiger partial charge on any atom is -0.276 e. The van der Waals surface area contributed by atoms with Crippen molar-refractivity contribution in [2.24, 2.45) is 0 Å². The first-order valence-corrected chi connectivity index (χ1v) is 20.1. The van der Waals surface area contributed by atoms with Gasteiger partial charge in [-0.15, -0.1) is 0 Å². The van der Waals surface area contributed by atoms with E-state index in [4.69, 9.17) is 9.68 Å². The summed E-state index contributed by atoms with van der Waals surface area (Å²) in [6.07, 6.45) is 34.4. The van der Waals surface area contributed by atoms with Crippen LogP contribution in [0, 0.1) is 0 Å². The second kappa shape index (κ2) is 40.1. The number of anilines is 2. The normalized spacial score (nSPS) is 10.5. The number of rotatable bonds is 30. The standard InChI is InChI=1S/2C20H35NO.C3H8/c2*1-2-3-4-5-6-7-8-9-10-11-12-16-19-22-21-20-17-14-13-15-18-20;1-3-2/h2*13-15,17-18,21H,2-12,16,19H2,1H3;3H2,1-2H3. The highest BCUT2D eigenvalue weighted by atomic mass is 16.6. The first-order chi connectivity index (χ1) is 23.3. The van der Waals surface area contributed by atoms with Gasteiger partial charge < -0.3 is 0 Å². The van der Waals surface area contributed by atoms with Crippen molar-refractivity contribution in [1.29, 1.82) is 0 Å². The van der Waals surface area contributed by atoms with Crippen molar-refractivity contribution in [3.8, 4) is 0 Å². The molecule has 0 saturated carbocycles. The summed E-state index contributed by atoms with van der Waals surface area (Å²) in [5.41, 5.74) is 8.03. The van der Waals surface area contributed by atoms with Crippen LogP contribution in [0.15, 0.2) is 60.7 Å². The van der Waals surface area contributed by atoms with E-state index in [1.165, 1.54) is 148 Å². The second-order valence-electron chi connectivity index (χ2n) is 13.1. The Hall–Kier alpha value is -2.04. The van der Waals surface area contributed by atoms with E-state index in [0.29, 0.717) is 0 Å². The Morgan fingerprint density at radius 3 is 0.830 bits per heavy atom. The lowest BCUT2D eigenvalue weighted by Crippen LogP contribution is -2.02. The Morgan fingerprint density at radius 2 is 0.574 bits per heavy atom. The molecule has 0 aliphatic carbocycles. The molecule has 47 heavy (non-hydrogen) atoms. The van der Waals surface area contributed by atoms with E-state index < -0.39 is 0 Å². The molecule has 0 heterocycles. The van der Waals surface area contributed by atoms with Crippen LogP contribution in [0.1, 0.15) is 188 Å². The number of hydrogen-bond acceptors (Lipinski definition) is 4. The van der Waals surface area contributed by atoms with Crippen molar-refractivity contribution in [2.75, 3.05) is 24.2 Å². The Balaban J connectivity index is 0.000000831. The fraction of sp³-hybridized carbons (Fsp3) is 0.721. The van der Waals surface area contributed by atoms with Crippen molar-refractivity contribution < 1.29 is 9.68 Å². The summed E-state index contributed by atoms with van der Waals surface area (Å²) in [5.74, 6) is 0. The van der Waals surface area contributed by atoms with Crippen LogP contribution < -0.4 is 11.0 Å². The van der Waals surface area contributed by atoms with Gasteiger partial charge in [-0.3, -0.25) is 20.6 Å². The fourth-order valence-electron chi connectivity index (χ4n) is 5.31. The molecule has 0 aromatic heterocycles. The van der Waals surface area contributed by atoms with E-state index >= 15 is 0 Å². The topological polar surface area (TPSA) is 42.5 Å². The summed E-state index contributed by atoms with van der Waals surface area (Å²) in [6, 6.07) is 20.1. The van der Waals surface area contributed by atoms with Crippen LogP contribution in [0.2, 0.25) is 0 Å². The molecule has 4 heteroatoms. The first-order valence-electron chi connectivity index (χ1n) is 20.1. The molecule has 0 atom stereocenters. The van der Waals surface area contributed by atoms with Gasteiger partial charge in [-0.1, -0.05) is 212 Å². The van der Waals surface area contributed by atoms with Gasteiger partial charge in [-0.25, -0.2) is 0 Å². The van der Waals surface area contributed by atoms with Gasteiger partial charge in [-0.05, 0) is 37.1 Å². The lowest BCUT2D eigenvalue weighted by atomic mass is 10.1. The van der Waals surface area contributed by atoms with Gasteiger partial charge in [0.15, 0.2) is 0 Å². The Morgan fingerprint density at radius 1 is 0.340 bits per heavy atom. The molecule has 0 aliphatic heterocycles. The molecular weight excluding hydrogens is 576 g/mol. The van der Waals surface area contributed by atoms with Gasteiger partial charge >= 0.3 is 0 Å². The molecule has 4 nitrogen and oxygen atoms in total. The molecule has 0 unspecified atom stereocenters. The van der Waals surface area contributed by atoms with Crippen molar-refractivity contribution >= 4 is 11.4 Å². The number of nitrogens with one attached hydrogen (secondary N) is 2. The van der Waals surface area contributed by atoms with E-state index in [0.717, 1.165) is 37.4 Å². The Kier molecular flexibility index (Phi) is 38.4. The molecule has 0 aliphatic rings. The van der Waals surface area contributed by atoms with Gasteiger partial charge in [0, 0.05) is 0 Å². The van der Waals surface area contributed by atoms with E-state index in [-0.39, 0.29) is 0 Å². The lowest BCUT2D eigenvalue weighted by molar-refractivity contribution is 0.187. The Bertz CT molecular complexity index is 734.